The molecule has 0 amide bonds. The number of nitrogens with zero attached hydrogens (tertiary/aromatic N) is 1. The number of rotatable bonds is 3. The summed E-state index contributed by atoms with van der Waals surface area (Å²) in [4.78, 5) is 2.17. The third-order valence-electron chi connectivity index (χ3n) is 3.34. The van der Waals surface area contributed by atoms with E-state index in [4.69, 9.17) is 11.6 Å². The molecule has 18 heavy (non-hydrogen) atoms. The van der Waals surface area contributed by atoms with Crippen molar-refractivity contribution < 1.29 is 4.39 Å². The average Bonchev–Trinajstić information content (AvgIpc) is 2.35. The molecule has 0 spiro atoms. The number of benzene rings is 1. The zero-order valence-electron chi connectivity index (χ0n) is 10.5. The van der Waals surface area contributed by atoms with Gasteiger partial charge in [-0.1, -0.05) is 23.7 Å². The van der Waals surface area contributed by atoms with E-state index in [1.54, 1.807) is 0 Å². The fourth-order valence-corrected chi connectivity index (χ4v) is 2.77. The van der Waals surface area contributed by atoms with E-state index < -0.39 is 0 Å². The summed E-state index contributed by atoms with van der Waals surface area (Å²) in [5.74, 6) is 0. The highest BCUT2D eigenvalue weighted by Crippen LogP contribution is 2.31. The summed E-state index contributed by atoms with van der Waals surface area (Å²) in [6.45, 7) is 5.19. The largest absolute Gasteiger partial charge is 0.314 e. The van der Waals surface area contributed by atoms with Gasteiger partial charge in [0.15, 0.2) is 0 Å². The van der Waals surface area contributed by atoms with Crippen LogP contribution in [0.2, 0.25) is 5.02 Å². The molecular formula is C13H19Cl2FN2. The second-order valence-corrected chi connectivity index (χ2v) is 4.83. The zero-order chi connectivity index (χ0) is 12.3. The van der Waals surface area contributed by atoms with E-state index in [1.807, 2.05) is 25.1 Å². The van der Waals surface area contributed by atoms with Crippen LogP contribution in [0.4, 0.5) is 4.39 Å². The van der Waals surface area contributed by atoms with Gasteiger partial charge in [0.2, 0.25) is 0 Å². The van der Waals surface area contributed by atoms with Gasteiger partial charge in [-0.05, 0) is 24.1 Å². The van der Waals surface area contributed by atoms with Crippen molar-refractivity contribution in [3.8, 4) is 0 Å². The Balaban J connectivity index is 0.00000162. The molecule has 1 aromatic rings. The van der Waals surface area contributed by atoms with E-state index >= 15 is 0 Å². The highest BCUT2D eigenvalue weighted by atomic mass is 35.5. The Morgan fingerprint density at radius 3 is 2.61 bits per heavy atom. The van der Waals surface area contributed by atoms with Gasteiger partial charge in [-0.15, -0.1) is 12.4 Å². The van der Waals surface area contributed by atoms with Crippen molar-refractivity contribution in [3.05, 3.63) is 34.3 Å². The lowest BCUT2D eigenvalue weighted by Crippen LogP contribution is -2.45. The monoisotopic (exact) mass is 292 g/mol. The molecule has 0 unspecified atom stereocenters. The van der Waals surface area contributed by atoms with Gasteiger partial charge in [0, 0.05) is 31.2 Å². The first-order valence-corrected chi connectivity index (χ1v) is 6.37. The molecule has 1 saturated heterocycles. The number of piperazine rings is 1. The summed E-state index contributed by atoms with van der Waals surface area (Å²) >= 11 is 6.21. The zero-order valence-corrected chi connectivity index (χ0v) is 12.0. The van der Waals surface area contributed by atoms with Crippen LogP contribution in [0.25, 0.3) is 0 Å². The Kier molecular flexibility index (Phi) is 6.36. The van der Waals surface area contributed by atoms with E-state index in [-0.39, 0.29) is 25.1 Å². The van der Waals surface area contributed by atoms with E-state index in [9.17, 15) is 4.39 Å². The van der Waals surface area contributed by atoms with E-state index in [1.165, 1.54) is 0 Å². The molecule has 0 bridgehead atoms. The molecule has 0 radical (unpaired) electrons. The highest BCUT2D eigenvalue weighted by molar-refractivity contribution is 6.31. The topological polar surface area (TPSA) is 15.3 Å². The van der Waals surface area contributed by atoms with Crippen LogP contribution in [0.5, 0.6) is 0 Å². The van der Waals surface area contributed by atoms with Crippen molar-refractivity contribution >= 4 is 24.0 Å². The fraction of sp³-hybridized carbons (Fsp3) is 0.538. The van der Waals surface area contributed by atoms with Crippen molar-refractivity contribution in [3.63, 3.8) is 0 Å². The Morgan fingerprint density at radius 1 is 1.39 bits per heavy atom. The lowest BCUT2D eigenvalue weighted by atomic mass is 10.00. The maximum Gasteiger partial charge on any atom is 0.109 e. The Bertz CT molecular complexity index is 361. The van der Waals surface area contributed by atoms with Gasteiger partial charge in [-0.25, -0.2) is 4.39 Å². The van der Waals surface area contributed by atoms with Crippen LogP contribution in [0.1, 0.15) is 17.2 Å². The standard InChI is InChI=1S/C13H18ClFN2.ClH/c1-10-3-2-4-11(14)13(10)12(9-15)17-7-5-16-6-8-17;/h2-4,12,16H,5-9H2,1H3;1H/t12-;/m0./s1. The maximum absolute atomic E-state index is 13.4. The van der Waals surface area contributed by atoms with Crippen LogP contribution in [0.3, 0.4) is 0 Å². The molecule has 1 aliphatic rings. The van der Waals surface area contributed by atoms with E-state index in [0.29, 0.717) is 5.02 Å². The number of nitrogens with one attached hydrogen (secondary N) is 1. The molecule has 1 aromatic carbocycles. The minimum absolute atomic E-state index is 0. The minimum Gasteiger partial charge on any atom is -0.314 e. The van der Waals surface area contributed by atoms with Crippen molar-refractivity contribution in [2.45, 2.75) is 13.0 Å². The van der Waals surface area contributed by atoms with Crippen LogP contribution >= 0.6 is 24.0 Å². The van der Waals surface area contributed by atoms with Gasteiger partial charge < -0.3 is 5.32 Å². The lowest BCUT2D eigenvalue weighted by Gasteiger charge is -2.34. The SMILES string of the molecule is Cc1cccc(Cl)c1[C@H](CF)N1CCNCC1.Cl. The third-order valence-corrected chi connectivity index (χ3v) is 3.67. The molecule has 1 N–H and O–H groups in total. The average molecular weight is 293 g/mol. The molecule has 0 aliphatic carbocycles. The number of alkyl halides is 1. The molecule has 5 heteroatoms. The van der Waals surface area contributed by atoms with Crippen LogP contribution in [0, 0.1) is 6.92 Å². The molecule has 102 valence electrons. The van der Waals surface area contributed by atoms with Gasteiger partial charge in [-0.3, -0.25) is 4.90 Å². The summed E-state index contributed by atoms with van der Waals surface area (Å²) in [5, 5.41) is 3.95. The summed E-state index contributed by atoms with van der Waals surface area (Å²) < 4.78 is 13.4. The predicted octanol–water partition coefficient (Wildman–Crippen LogP) is 2.99. The molecule has 1 atom stereocenters. The quantitative estimate of drug-likeness (QED) is 0.921. The number of hydrogen-bond donors (Lipinski definition) is 1. The molecule has 1 fully saturated rings. The smallest absolute Gasteiger partial charge is 0.109 e. The van der Waals surface area contributed by atoms with Crippen molar-refractivity contribution in [1.29, 1.82) is 0 Å². The van der Waals surface area contributed by atoms with E-state index in [0.717, 1.165) is 37.3 Å². The lowest BCUT2D eigenvalue weighted by molar-refractivity contribution is 0.147. The number of hydrogen-bond acceptors (Lipinski definition) is 2. The summed E-state index contributed by atoms with van der Waals surface area (Å²) in [6.07, 6.45) is 0. The van der Waals surface area contributed by atoms with Crippen LogP contribution in [-0.4, -0.2) is 37.8 Å². The minimum atomic E-state index is -0.384. The number of aryl methyl sites for hydroxylation is 1. The predicted molar refractivity (Wildman–Crippen MR) is 76.6 cm³/mol. The first-order valence-electron chi connectivity index (χ1n) is 5.99. The van der Waals surface area contributed by atoms with Crippen molar-refractivity contribution in [2.75, 3.05) is 32.9 Å². The summed E-state index contributed by atoms with van der Waals surface area (Å²) in [7, 11) is 0. The van der Waals surface area contributed by atoms with Crippen LogP contribution in [-0.2, 0) is 0 Å². The summed E-state index contributed by atoms with van der Waals surface area (Å²) in [6, 6.07) is 5.54. The van der Waals surface area contributed by atoms with Gasteiger partial charge in [0.25, 0.3) is 0 Å². The third kappa shape index (κ3) is 3.35. The van der Waals surface area contributed by atoms with Crippen molar-refractivity contribution in [1.82, 2.24) is 10.2 Å². The first kappa shape index (κ1) is 15.7. The van der Waals surface area contributed by atoms with Crippen LogP contribution < -0.4 is 5.32 Å². The molecule has 0 saturated carbocycles. The van der Waals surface area contributed by atoms with Gasteiger partial charge in [-0.2, -0.15) is 0 Å². The normalized spacial score (nSPS) is 18.2. The Labute approximate surface area is 119 Å². The van der Waals surface area contributed by atoms with Crippen molar-refractivity contribution in [2.24, 2.45) is 0 Å². The molecular weight excluding hydrogens is 274 g/mol. The van der Waals surface area contributed by atoms with Crippen LogP contribution in [0.15, 0.2) is 18.2 Å². The molecule has 1 heterocycles. The molecule has 2 rings (SSSR count). The van der Waals surface area contributed by atoms with E-state index in [2.05, 4.69) is 10.2 Å². The molecule has 0 aromatic heterocycles. The second kappa shape index (κ2) is 7.29. The summed E-state index contributed by atoms with van der Waals surface area (Å²) in [5.41, 5.74) is 2.01. The van der Waals surface area contributed by atoms with Gasteiger partial charge in [0.1, 0.15) is 6.67 Å². The second-order valence-electron chi connectivity index (χ2n) is 4.43. The number of halogens is 3. The Morgan fingerprint density at radius 2 is 2.06 bits per heavy atom. The van der Waals surface area contributed by atoms with Gasteiger partial charge >= 0.3 is 0 Å². The first-order chi connectivity index (χ1) is 8.24. The highest BCUT2D eigenvalue weighted by Gasteiger charge is 2.25. The molecule has 1 aliphatic heterocycles. The maximum atomic E-state index is 13.4. The molecule has 2 nitrogen and oxygen atoms in total. The fourth-order valence-electron chi connectivity index (χ4n) is 2.42. The Hall–Kier alpha value is -0.350. The van der Waals surface area contributed by atoms with Gasteiger partial charge in [0.05, 0.1) is 6.04 Å².